The summed E-state index contributed by atoms with van der Waals surface area (Å²) in [6, 6.07) is 14.2. The molecule has 1 amide bonds. The first-order chi connectivity index (χ1) is 13.1. The second-order valence-corrected chi connectivity index (χ2v) is 6.92. The lowest BCUT2D eigenvalue weighted by Gasteiger charge is -2.13. The highest BCUT2D eigenvalue weighted by Gasteiger charge is 2.24. The maximum absolute atomic E-state index is 12.4. The summed E-state index contributed by atoms with van der Waals surface area (Å²) in [7, 11) is 0. The summed E-state index contributed by atoms with van der Waals surface area (Å²) in [6.45, 7) is 4.92. The molecule has 0 radical (unpaired) electrons. The Morgan fingerprint density at radius 3 is 2.52 bits per heavy atom. The van der Waals surface area contributed by atoms with Crippen LogP contribution in [0.15, 0.2) is 54.9 Å². The SMILES string of the molecule is CCCCCc1c(-c2cccnc2)c(C(N)=O)c(C)n1Cc1ccccc1. The summed E-state index contributed by atoms with van der Waals surface area (Å²) in [5.74, 6) is -0.380. The summed E-state index contributed by atoms with van der Waals surface area (Å²) in [5, 5.41) is 0. The molecule has 0 aliphatic carbocycles. The smallest absolute Gasteiger partial charge is 0.251 e. The normalized spacial score (nSPS) is 10.9. The van der Waals surface area contributed by atoms with E-state index in [9.17, 15) is 4.79 Å². The predicted octanol–water partition coefficient (Wildman–Crippen LogP) is 4.74. The number of hydrogen-bond acceptors (Lipinski definition) is 2. The van der Waals surface area contributed by atoms with Crippen LogP contribution in [-0.4, -0.2) is 15.5 Å². The van der Waals surface area contributed by atoms with Gasteiger partial charge in [0.25, 0.3) is 5.91 Å². The Hall–Kier alpha value is -2.88. The molecule has 2 aromatic heterocycles. The molecule has 0 bridgehead atoms. The summed E-state index contributed by atoms with van der Waals surface area (Å²) in [6.07, 6.45) is 7.88. The van der Waals surface area contributed by atoms with Gasteiger partial charge in [0.05, 0.1) is 5.56 Å². The first-order valence-corrected chi connectivity index (χ1v) is 9.59. The zero-order valence-corrected chi connectivity index (χ0v) is 16.1. The molecule has 0 aliphatic rings. The van der Waals surface area contributed by atoms with E-state index in [-0.39, 0.29) is 5.91 Å². The second-order valence-electron chi connectivity index (χ2n) is 6.92. The number of carbonyl (C=O) groups is 1. The van der Waals surface area contributed by atoms with Gasteiger partial charge in [0.2, 0.25) is 0 Å². The van der Waals surface area contributed by atoms with E-state index in [4.69, 9.17) is 5.73 Å². The number of primary amides is 1. The fraction of sp³-hybridized carbons (Fsp3) is 0.304. The molecular formula is C23H27N3O. The van der Waals surface area contributed by atoms with Crippen LogP contribution in [0.1, 0.15) is 53.5 Å². The zero-order chi connectivity index (χ0) is 19.2. The van der Waals surface area contributed by atoms with E-state index in [1.165, 1.54) is 11.3 Å². The average Bonchev–Trinajstić information content (AvgIpc) is 2.96. The summed E-state index contributed by atoms with van der Waals surface area (Å²) in [5.41, 5.74) is 11.6. The number of aromatic nitrogens is 2. The molecule has 27 heavy (non-hydrogen) atoms. The lowest BCUT2D eigenvalue weighted by molar-refractivity contribution is 0.1000. The van der Waals surface area contributed by atoms with Gasteiger partial charge in [0.15, 0.2) is 0 Å². The third-order valence-electron chi connectivity index (χ3n) is 5.03. The number of nitrogens with zero attached hydrogens (tertiary/aromatic N) is 2. The molecule has 0 atom stereocenters. The highest BCUT2D eigenvalue weighted by molar-refractivity contribution is 6.02. The molecule has 0 spiro atoms. The van der Waals surface area contributed by atoms with Crippen molar-refractivity contribution in [2.75, 3.05) is 0 Å². The second kappa shape index (κ2) is 8.67. The van der Waals surface area contributed by atoms with Crippen molar-refractivity contribution in [2.45, 2.75) is 46.1 Å². The van der Waals surface area contributed by atoms with E-state index in [0.29, 0.717) is 5.56 Å². The van der Waals surface area contributed by atoms with Gasteiger partial charge in [-0.1, -0.05) is 56.2 Å². The van der Waals surface area contributed by atoms with Crippen LogP contribution < -0.4 is 5.73 Å². The quantitative estimate of drug-likeness (QED) is 0.589. The van der Waals surface area contributed by atoms with Crippen molar-refractivity contribution in [2.24, 2.45) is 5.73 Å². The number of unbranched alkanes of at least 4 members (excludes halogenated alkanes) is 2. The van der Waals surface area contributed by atoms with E-state index in [1.54, 1.807) is 6.20 Å². The fourth-order valence-electron chi connectivity index (χ4n) is 3.70. The zero-order valence-electron chi connectivity index (χ0n) is 16.1. The van der Waals surface area contributed by atoms with Crippen molar-refractivity contribution in [3.05, 3.63) is 77.4 Å². The molecular weight excluding hydrogens is 334 g/mol. The highest BCUT2D eigenvalue weighted by Crippen LogP contribution is 2.34. The first kappa shape index (κ1) is 18.9. The van der Waals surface area contributed by atoms with Crippen LogP contribution in [0.4, 0.5) is 0 Å². The van der Waals surface area contributed by atoms with E-state index < -0.39 is 0 Å². The van der Waals surface area contributed by atoms with Crippen molar-refractivity contribution in [3.8, 4) is 11.1 Å². The van der Waals surface area contributed by atoms with Gasteiger partial charge in [-0.25, -0.2) is 0 Å². The van der Waals surface area contributed by atoms with Gasteiger partial charge in [-0.2, -0.15) is 0 Å². The summed E-state index contributed by atoms with van der Waals surface area (Å²) in [4.78, 5) is 16.6. The largest absolute Gasteiger partial charge is 0.366 e. The molecule has 2 heterocycles. The Morgan fingerprint density at radius 1 is 1.11 bits per heavy atom. The van der Waals surface area contributed by atoms with Gasteiger partial charge in [-0.3, -0.25) is 9.78 Å². The fourth-order valence-corrected chi connectivity index (χ4v) is 3.70. The topological polar surface area (TPSA) is 60.9 Å². The van der Waals surface area contributed by atoms with Crippen LogP contribution in [-0.2, 0) is 13.0 Å². The summed E-state index contributed by atoms with van der Waals surface area (Å²) >= 11 is 0. The van der Waals surface area contributed by atoms with E-state index in [2.05, 4.69) is 28.6 Å². The van der Waals surface area contributed by atoms with Gasteiger partial charge < -0.3 is 10.3 Å². The van der Waals surface area contributed by atoms with E-state index in [0.717, 1.165) is 49.0 Å². The number of amides is 1. The van der Waals surface area contributed by atoms with Crippen LogP contribution in [0.3, 0.4) is 0 Å². The maximum Gasteiger partial charge on any atom is 0.251 e. The van der Waals surface area contributed by atoms with Crippen molar-refractivity contribution in [1.29, 1.82) is 0 Å². The van der Waals surface area contributed by atoms with Gasteiger partial charge >= 0.3 is 0 Å². The van der Waals surface area contributed by atoms with Crippen LogP contribution in [0.25, 0.3) is 11.1 Å². The van der Waals surface area contributed by atoms with Crippen LogP contribution in [0.5, 0.6) is 0 Å². The van der Waals surface area contributed by atoms with Gasteiger partial charge in [0, 0.05) is 41.5 Å². The lowest BCUT2D eigenvalue weighted by atomic mass is 9.98. The third kappa shape index (κ3) is 4.11. The number of pyridine rings is 1. The Morgan fingerprint density at radius 2 is 1.89 bits per heavy atom. The number of nitrogens with two attached hydrogens (primary N) is 1. The molecule has 4 nitrogen and oxygen atoms in total. The van der Waals surface area contributed by atoms with Crippen LogP contribution in [0, 0.1) is 6.92 Å². The van der Waals surface area contributed by atoms with Gasteiger partial charge in [-0.15, -0.1) is 0 Å². The number of rotatable bonds is 8. The summed E-state index contributed by atoms with van der Waals surface area (Å²) < 4.78 is 2.26. The molecule has 3 aromatic rings. The Labute approximate surface area is 161 Å². The third-order valence-corrected chi connectivity index (χ3v) is 5.03. The minimum absolute atomic E-state index is 0.380. The molecule has 0 saturated heterocycles. The average molecular weight is 361 g/mol. The molecule has 2 N–H and O–H groups in total. The number of hydrogen-bond donors (Lipinski definition) is 1. The van der Waals surface area contributed by atoms with Crippen molar-refractivity contribution < 1.29 is 4.79 Å². The maximum atomic E-state index is 12.4. The predicted molar refractivity (Wildman–Crippen MR) is 110 cm³/mol. The van der Waals surface area contributed by atoms with Crippen LogP contribution in [0.2, 0.25) is 0 Å². The highest BCUT2D eigenvalue weighted by atomic mass is 16.1. The molecule has 4 heteroatoms. The molecule has 0 aliphatic heterocycles. The Bertz CT molecular complexity index is 898. The standard InChI is InChI=1S/C23H27N3O/c1-3-4-6-13-20-22(19-12-9-14-25-15-19)21(23(24)27)17(2)26(20)16-18-10-7-5-8-11-18/h5,7-12,14-15H,3-4,6,13,16H2,1-2H3,(H2,24,27). The van der Waals surface area contributed by atoms with Crippen molar-refractivity contribution >= 4 is 5.91 Å². The molecule has 0 saturated carbocycles. The van der Waals surface area contributed by atoms with E-state index in [1.807, 2.05) is 43.5 Å². The molecule has 1 aromatic carbocycles. The molecule has 0 unspecified atom stereocenters. The number of benzene rings is 1. The first-order valence-electron chi connectivity index (χ1n) is 9.59. The molecule has 3 rings (SSSR count). The minimum Gasteiger partial charge on any atom is -0.366 e. The van der Waals surface area contributed by atoms with Gasteiger partial charge in [-0.05, 0) is 31.4 Å². The minimum atomic E-state index is -0.380. The molecule has 0 fully saturated rings. The van der Waals surface area contributed by atoms with Crippen LogP contribution >= 0.6 is 0 Å². The van der Waals surface area contributed by atoms with E-state index >= 15 is 0 Å². The monoisotopic (exact) mass is 361 g/mol. The molecule has 140 valence electrons. The van der Waals surface area contributed by atoms with Gasteiger partial charge in [0.1, 0.15) is 0 Å². The Balaban J connectivity index is 2.17. The Kier molecular flexibility index (Phi) is 6.07. The number of carbonyl (C=O) groups excluding carboxylic acids is 1. The van der Waals surface area contributed by atoms with Crippen molar-refractivity contribution in [3.63, 3.8) is 0 Å². The van der Waals surface area contributed by atoms with Crippen molar-refractivity contribution in [1.82, 2.24) is 9.55 Å². The lowest BCUT2D eigenvalue weighted by Crippen LogP contribution is -2.13.